The lowest BCUT2D eigenvalue weighted by Crippen LogP contribution is -2.32. The van der Waals surface area contributed by atoms with E-state index in [0.29, 0.717) is 29.7 Å². The van der Waals surface area contributed by atoms with E-state index in [2.05, 4.69) is 44.3 Å². The molecule has 0 aliphatic rings. The molecule has 33 heavy (non-hydrogen) atoms. The van der Waals surface area contributed by atoms with Crippen LogP contribution in [0.2, 0.25) is 0 Å². The Kier molecular flexibility index (Phi) is 7.09. The summed E-state index contributed by atoms with van der Waals surface area (Å²) in [5, 5.41) is 4.39. The Bertz CT molecular complexity index is 1350. The van der Waals surface area contributed by atoms with Crippen LogP contribution in [0, 0.1) is 0 Å². The van der Waals surface area contributed by atoms with Gasteiger partial charge in [0.1, 0.15) is 5.82 Å². The molecule has 0 aliphatic carbocycles. The molecule has 2 aromatic carbocycles. The first-order valence-corrected chi connectivity index (χ1v) is 12.0. The maximum absolute atomic E-state index is 12.7. The van der Waals surface area contributed by atoms with Crippen LogP contribution in [-0.4, -0.2) is 38.0 Å². The van der Waals surface area contributed by atoms with Crippen molar-refractivity contribution in [3.05, 3.63) is 90.9 Å². The molecule has 0 atom stereocenters. The Balaban J connectivity index is 1.25. The first-order chi connectivity index (χ1) is 16.0. The highest BCUT2D eigenvalue weighted by molar-refractivity contribution is 7.89. The van der Waals surface area contributed by atoms with Crippen LogP contribution in [0.4, 0.5) is 5.82 Å². The maximum atomic E-state index is 12.7. The molecular weight excluding hydrogens is 434 g/mol. The Morgan fingerprint density at radius 1 is 0.879 bits per heavy atom. The summed E-state index contributed by atoms with van der Waals surface area (Å²) < 4.78 is 28.1. The van der Waals surface area contributed by atoms with Crippen molar-refractivity contribution in [2.45, 2.75) is 4.90 Å². The van der Waals surface area contributed by atoms with E-state index in [1.807, 2.05) is 30.5 Å². The van der Waals surface area contributed by atoms with E-state index >= 15 is 0 Å². The zero-order valence-electron chi connectivity index (χ0n) is 18.0. The number of nitrogens with two attached hydrogens (primary N) is 1. The van der Waals surface area contributed by atoms with Crippen LogP contribution in [0.3, 0.4) is 0 Å². The highest BCUT2D eigenvalue weighted by atomic mass is 32.2. The highest BCUT2D eigenvalue weighted by Crippen LogP contribution is 2.25. The Labute approximate surface area is 193 Å². The average molecular weight is 460 g/mol. The summed E-state index contributed by atoms with van der Waals surface area (Å²) in [5.74, 6) is 0.310. The number of fused-ring (bicyclic) bond motifs is 1. The fraction of sp³-hybridized carbons (Fsp3) is 0.120. The van der Waals surface area contributed by atoms with E-state index in [9.17, 15) is 8.42 Å². The van der Waals surface area contributed by atoms with Gasteiger partial charge in [0, 0.05) is 49.0 Å². The van der Waals surface area contributed by atoms with Crippen molar-refractivity contribution in [3.63, 3.8) is 0 Å². The standard InChI is InChI=1S/C25H25N5O2S/c26-25-23-6-1-7-24(22(23)12-15-29-25)33(31,32)30-17-16-27-13-2-4-19-8-10-20(11-9-19)21-5-3-14-28-18-21/h1-12,14-15,18,27,30H,13,16-17H2,(H2,26,29)/b4-2+. The zero-order chi connectivity index (χ0) is 23.1. The normalized spacial score (nSPS) is 11.9. The molecule has 0 saturated heterocycles. The highest BCUT2D eigenvalue weighted by Gasteiger charge is 2.17. The third-order valence-electron chi connectivity index (χ3n) is 5.16. The molecular formula is C25H25N5O2S. The summed E-state index contributed by atoms with van der Waals surface area (Å²) in [7, 11) is -3.66. The molecule has 0 spiro atoms. The first-order valence-electron chi connectivity index (χ1n) is 10.6. The molecule has 4 rings (SSSR count). The second-order valence-corrected chi connectivity index (χ2v) is 9.15. The fourth-order valence-corrected chi connectivity index (χ4v) is 4.74. The fourth-order valence-electron chi connectivity index (χ4n) is 3.49. The quantitative estimate of drug-likeness (QED) is 0.331. The minimum absolute atomic E-state index is 0.198. The third-order valence-corrected chi connectivity index (χ3v) is 6.68. The molecule has 0 unspecified atom stereocenters. The van der Waals surface area contributed by atoms with Crippen molar-refractivity contribution in [1.82, 2.24) is 20.0 Å². The van der Waals surface area contributed by atoms with Gasteiger partial charge in [0.05, 0.1) is 4.90 Å². The Morgan fingerprint density at radius 3 is 2.52 bits per heavy atom. The lowest BCUT2D eigenvalue weighted by molar-refractivity contribution is 0.579. The third kappa shape index (κ3) is 5.61. The topological polar surface area (TPSA) is 110 Å². The second-order valence-electron chi connectivity index (χ2n) is 7.42. The predicted octanol–water partition coefficient (Wildman–Crippen LogP) is 3.46. The van der Waals surface area contributed by atoms with Crippen molar-refractivity contribution in [1.29, 1.82) is 0 Å². The van der Waals surface area contributed by atoms with Gasteiger partial charge in [-0.2, -0.15) is 0 Å². The van der Waals surface area contributed by atoms with E-state index in [0.717, 1.165) is 16.7 Å². The number of sulfonamides is 1. The van der Waals surface area contributed by atoms with Gasteiger partial charge in [0.2, 0.25) is 10.0 Å². The maximum Gasteiger partial charge on any atom is 0.241 e. The zero-order valence-corrected chi connectivity index (χ0v) is 18.8. The number of nitrogen functional groups attached to an aromatic ring is 1. The van der Waals surface area contributed by atoms with Crippen molar-refractivity contribution in [2.75, 3.05) is 25.4 Å². The van der Waals surface area contributed by atoms with Crippen molar-refractivity contribution in [3.8, 4) is 11.1 Å². The molecule has 4 aromatic rings. The van der Waals surface area contributed by atoms with Gasteiger partial charge >= 0.3 is 0 Å². The van der Waals surface area contributed by atoms with Crippen LogP contribution < -0.4 is 15.8 Å². The summed E-state index contributed by atoms with van der Waals surface area (Å²) in [6.45, 7) is 1.40. The number of nitrogens with one attached hydrogen (secondary N) is 2. The number of hydrogen-bond donors (Lipinski definition) is 3. The molecule has 0 amide bonds. The number of pyridine rings is 2. The predicted molar refractivity (Wildman–Crippen MR) is 133 cm³/mol. The number of aromatic nitrogens is 2. The minimum atomic E-state index is -3.66. The summed E-state index contributed by atoms with van der Waals surface area (Å²) in [4.78, 5) is 8.36. The molecule has 0 aliphatic heterocycles. The SMILES string of the molecule is Nc1nccc2c(S(=O)(=O)NCCNC/C=C/c3ccc(-c4cccnc4)cc3)cccc12. The average Bonchev–Trinajstić information content (AvgIpc) is 2.84. The Morgan fingerprint density at radius 2 is 1.73 bits per heavy atom. The van der Waals surface area contributed by atoms with Crippen molar-refractivity contribution >= 4 is 32.7 Å². The second kappa shape index (κ2) is 10.4. The first kappa shape index (κ1) is 22.6. The Hall–Kier alpha value is -3.59. The molecule has 0 fully saturated rings. The lowest BCUT2D eigenvalue weighted by Gasteiger charge is -2.10. The van der Waals surface area contributed by atoms with Gasteiger partial charge in [0.25, 0.3) is 0 Å². The van der Waals surface area contributed by atoms with Crippen LogP contribution in [0.1, 0.15) is 5.56 Å². The lowest BCUT2D eigenvalue weighted by atomic mass is 10.1. The van der Waals surface area contributed by atoms with Crippen molar-refractivity contribution < 1.29 is 8.42 Å². The summed E-state index contributed by atoms with van der Waals surface area (Å²) >= 11 is 0. The molecule has 2 aromatic heterocycles. The molecule has 0 saturated carbocycles. The number of benzene rings is 2. The van der Waals surface area contributed by atoms with Gasteiger partial charge in [-0.15, -0.1) is 0 Å². The molecule has 168 valence electrons. The van der Waals surface area contributed by atoms with Crippen LogP contribution in [0.15, 0.2) is 90.2 Å². The summed E-state index contributed by atoms with van der Waals surface area (Å²) in [5.41, 5.74) is 9.16. The number of hydrogen-bond acceptors (Lipinski definition) is 6. The number of rotatable bonds is 9. The van der Waals surface area contributed by atoms with Crippen LogP contribution in [0.5, 0.6) is 0 Å². The largest absolute Gasteiger partial charge is 0.383 e. The monoisotopic (exact) mass is 459 g/mol. The van der Waals surface area contributed by atoms with Crippen molar-refractivity contribution in [2.24, 2.45) is 0 Å². The van der Waals surface area contributed by atoms with Gasteiger partial charge in [-0.1, -0.05) is 54.6 Å². The molecule has 0 radical (unpaired) electrons. The molecule has 7 nitrogen and oxygen atoms in total. The molecule has 2 heterocycles. The van der Waals surface area contributed by atoms with Gasteiger partial charge in [0.15, 0.2) is 0 Å². The van der Waals surface area contributed by atoms with E-state index < -0.39 is 10.0 Å². The van der Waals surface area contributed by atoms with Gasteiger partial charge in [-0.3, -0.25) is 4.98 Å². The summed E-state index contributed by atoms with van der Waals surface area (Å²) in [6, 6.07) is 18.8. The van der Waals surface area contributed by atoms with Gasteiger partial charge < -0.3 is 11.1 Å². The van der Waals surface area contributed by atoms with E-state index in [1.54, 1.807) is 30.5 Å². The van der Waals surface area contributed by atoms with E-state index in [4.69, 9.17) is 5.73 Å². The molecule has 8 heteroatoms. The number of nitrogens with zero attached hydrogens (tertiary/aromatic N) is 2. The molecule has 4 N–H and O–H groups in total. The minimum Gasteiger partial charge on any atom is -0.383 e. The van der Waals surface area contributed by atoms with Crippen LogP contribution in [-0.2, 0) is 10.0 Å². The van der Waals surface area contributed by atoms with Crippen LogP contribution >= 0.6 is 0 Å². The van der Waals surface area contributed by atoms with E-state index in [1.165, 1.54) is 6.20 Å². The number of anilines is 1. The van der Waals surface area contributed by atoms with E-state index in [-0.39, 0.29) is 11.4 Å². The smallest absolute Gasteiger partial charge is 0.241 e. The molecule has 0 bridgehead atoms. The van der Waals surface area contributed by atoms with Crippen LogP contribution in [0.25, 0.3) is 28.0 Å². The van der Waals surface area contributed by atoms with Gasteiger partial charge in [-0.05, 0) is 34.9 Å². The summed E-state index contributed by atoms with van der Waals surface area (Å²) in [6.07, 6.45) is 9.15. The van der Waals surface area contributed by atoms with Gasteiger partial charge in [-0.25, -0.2) is 18.1 Å².